The summed E-state index contributed by atoms with van der Waals surface area (Å²) in [5.41, 5.74) is -0.444. The van der Waals surface area contributed by atoms with Gasteiger partial charge in [-0.15, -0.1) is 0 Å². The number of rotatable bonds is 4. The SMILES string of the molecule is CC(C)CNC(=O)C1CCN([C@H]2CCCN(C(=O)OC(C)(C)C)CC2)CC1. The Hall–Kier alpha value is -1.30. The Morgan fingerprint density at radius 3 is 2.30 bits per heavy atom. The Morgan fingerprint density at radius 1 is 1.04 bits per heavy atom. The fourth-order valence-corrected chi connectivity index (χ4v) is 3.93. The molecular weight excluding hydrogens is 342 g/mol. The van der Waals surface area contributed by atoms with E-state index in [1.807, 2.05) is 25.7 Å². The van der Waals surface area contributed by atoms with Crippen LogP contribution in [0.4, 0.5) is 4.79 Å². The fourth-order valence-electron chi connectivity index (χ4n) is 3.93. The highest BCUT2D eigenvalue weighted by molar-refractivity contribution is 5.78. The molecular formula is C21H39N3O3. The van der Waals surface area contributed by atoms with Crippen LogP contribution in [-0.4, -0.2) is 66.2 Å². The third-order valence-corrected chi connectivity index (χ3v) is 5.45. The summed E-state index contributed by atoms with van der Waals surface area (Å²) in [6.45, 7) is 14.2. The Kier molecular flexibility index (Phi) is 7.95. The van der Waals surface area contributed by atoms with Crippen LogP contribution >= 0.6 is 0 Å². The maximum atomic E-state index is 12.3. The van der Waals surface area contributed by atoms with Crippen LogP contribution in [0, 0.1) is 11.8 Å². The van der Waals surface area contributed by atoms with Gasteiger partial charge in [-0.05, 0) is 71.9 Å². The van der Waals surface area contributed by atoms with Crippen LogP contribution in [0.3, 0.4) is 0 Å². The van der Waals surface area contributed by atoms with Gasteiger partial charge in [0.05, 0.1) is 0 Å². The lowest BCUT2D eigenvalue weighted by Gasteiger charge is -2.37. The van der Waals surface area contributed by atoms with Crippen LogP contribution < -0.4 is 5.32 Å². The lowest BCUT2D eigenvalue weighted by molar-refractivity contribution is -0.126. The number of carbonyl (C=O) groups is 2. The van der Waals surface area contributed by atoms with Crippen molar-refractivity contribution in [3.05, 3.63) is 0 Å². The van der Waals surface area contributed by atoms with Crippen molar-refractivity contribution in [1.29, 1.82) is 0 Å². The monoisotopic (exact) mass is 381 g/mol. The van der Waals surface area contributed by atoms with E-state index in [9.17, 15) is 9.59 Å². The fraction of sp³-hybridized carbons (Fsp3) is 0.905. The van der Waals surface area contributed by atoms with E-state index in [0.29, 0.717) is 12.0 Å². The van der Waals surface area contributed by atoms with Crippen LogP contribution in [0.5, 0.6) is 0 Å². The molecule has 156 valence electrons. The summed E-state index contributed by atoms with van der Waals surface area (Å²) in [4.78, 5) is 29.0. The van der Waals surface area contributed by atoms with Crippen LogP contribution in [0.2, 0.25) is 0 Å². The molecule has 0 bridgehead atoms. The van der Waals surface area contributed by atoms with E-state index in [0.717, 1.165) is 64.8 Å². The summed E-state index contributed by atoms with van der Waals surface area (Å²) in [6, 6.07) is 0.511. The van der Waals surface area contributed by atoms with Gasteiger partial charge in [0.25, 0.3) is 0 Å². The van der Waals surface area contributed by atoms with Gasteiger partial charge in [-0.1, -0.05) is 13.8 Å². The molecule has 0 radical (unpaired) electrons. The van der Waals surface area contributed by atoms with Crippen LogP contribution in [-0.2, 0) is 9.53 Å². The quantitative estimate of drug-likeness (QED) is 0.812. The topological polar surface area (TPSA) is 61.9 Å². The predicted octanol–water partition coefficient (Wildman–Crippen LogP) is 3.26. The van der Waals surface area contributed by atoms with E-state index >= 15 is 0 Å². The average molecular weight is 382 g/mol. The summed E-state index contributed by atoms with van der Waals surface area (Å²) < 4.78 is 5.52. The molecule has 2 rings (SSSR count). The summed E-state index contributed by atoms with van der Waals surface area (Å²) in [5.74, 6) is 0.873. The smallest absolute Gasteiger partial charge is 0.410 e. The van der Waals surface area contributed by atoms with Gasteiger partial charge in [-0.3, -0.25) is 4.79 Å². The number of nitrogens with one attached hydrogen (secondary N) is 1. The molecule has 0 spiro atoms. The Balaban J connectivity index is 1.77. The molecule has 6 nitrogen and oxygen atoms in total. The van der Waals surface area contributed by atoms with Gasteiger partial charge in [0, 0.05) is 31.6 Å². The van der Waals surface area contributed by atoms with E-state index in [-0.39, 0.29) is 17.9 Å². The van der Waals surface area contributed by atoms with Gasteiger partial charge in [0.2, 0.25) is 5.91 Å². The molecule has 27 heavy (non-hydrogen) atoms. The van der Waals surface area contributed by atoms with Gasteiger partial charge in [0.1, 0.15) is 5.60 Å². The molecule has 0 aromatic heterocycles. The van der Waals surface area contributed by atoms with Crippen molar-refractivity contribution in [2.45, 2.75) is 78.4 Å². The second-order valence-electron chi connectivity index (χ2n) is 9.50. The zero-order valence-corrected chi connectivity index (χ0v) is 17.9. The number of piperidine rings is 1. The molecule has 1 atom stereocenters. The van der Waals surface area contributed by atoms with Crippen molar-refractivity contribution in [1.82, 2.24) is 15.1 Å². The molecule has 2 fully saturated rings. The first-order valence-electron chi connectivity index (χ1n) is 10.7. The lowest BCUT2D eigenvalue weighted by atomic mass is 9.93. The standard InChI is InChI=1S/C21H39N3O3/c1-16(2)15-22-19(25)17-8-12-23(13-9-17)18-7-6-11-24(14-10-18)20(26)27-21(3,4)5/h16-18H,6-15H2,1-5H3,(H,22,25)/t18-/m0/s1. The Bertz CT molecular complexity index is 493. The number of carbonyl (C=O) groups excluding carboxylic acids is 2. The van der Waals surface area contributed by atoms with E-state index in [1.165, 1.54) is 0 Å². The minimum atomic E-state index is -0.444. The van der Waals surface area contributed by atoms with Gasteiger partial charge >= 0.3 is 6.09 Å². The van der Waals surface area contributed by atoms with Gasteiger partial charge in [0.15, 0.2) is 0 Å². The molecule has 0 saturated carbocycles. The lowest BCUT2D eigenvalue weighted by Crippen LogP contribution is -2.45. The Morgan fingerprint density at radius 2 is 1.70 bits per heavy atom. The maximum absolute atomic E-state index is 12.3. The van der Waals surface area contributed by atoms with Crippen molar-refractivity contribution in [3.8, 4) is 0 Å². The molecule has 2 saturated heterocycles. The van der Waals surface area contributed by atoms with Crippen molar-refractivity contribution in [2.75, 3.05) is 32.7 Å². The molecule has 2 aliphatic heterocycles. The predicted molar refractivity (Wildman–Crippen MR) is 108 cm³/mol. The molecule has 0 aromatic carbocycles. The Labute approximate surface area is 165 Å². The number of likely N-dealkylation sites (tertiary alicyclic amines) is 2. The molecule has 6 heteroatoms. The average Bonchev–Trinajstić information content (AvgIpc) is 2.84. The number of hydrogen-bond donors (Lipinski definition) is 1. The van der Waals surface area contributed by atoms with E-state index < -0.39 is 5.60 Å². The molecule has 2 heterocycles. The van der Waals surface area contributed by atoms with Crippen molar-refractivity contribution in [3.63, 3.8) is 0 Å². The minimum absolute atomic E-state index is 0.157. The number of nitrogens with zero attached hydrogens (tertiary/aromatic N) is 2. The highest BCUT2D eigenvalue weighted by Crippen LogP contribution is 2.25. The van der Waals surface area contributed by atoms with E-state index in [1.54, 1.807) is 0 Å². The maximum Gasteiger partial charge on any atom is 0.410 e. The zero-order chi connectivity index (χ0) is 20.0. The first kappa shape index (κ1) is 22.0. The van der Waals surface area contributed by atoms with Crippen LogP contribution in [0.15, 0.2) is 0 Å². The largest absolute Gasteiger partial charge is 0.444 e. The second kappa shape index (κ2) is 9.76. The van der Waals surface area contributed by atoms with Gasteiger partial charge in [-0.25, -0.2) is 4.79 Å². The third-order valence-electron chi connectivity index (χ3n) is 5.45. The number of hydrogen-bond acceptors (Lipinski definition) is 4. The molecule has 0 unspecified atom stereocenters. The van der Waals surface area contributed by atoms with Crippen LogP contribution in [0.1, 0.15) is 66.7 Å². The summed E-state index contributed by atoms with van der Waals surface area (Å²) in [7, 11) is 0. The summed E-state index contributed by atoms with van der Waals surface area (Å²) in [6.07, 6.45) is 4.81. The first-order valence-corrected chi connectivity index (χ1v) is 10.7. The zero-order valence-electron chi connectivity index (χ0n) is 17.9. The second-order valence-corrected chi connectivity index (χ2v) is 9.50. The van der Waals surface area contributed by atoms with Crippen molar-refractivity contribution in [2.24, 2.45) is 11.8 Å². The van der Waals surface area contributed by atoms with Crippen molar-refractivity contribution < 1.29 is 14.3 Å². The minimum Gasteiger partial charge on any atom is -0.444 e. The van der Waals surface area contributed by atoms with E-state index in [4.69, 9.17) is 4.74 Å². The highest BCUT2D eigenvalue weighted by atomic mass is 16.6. The normalized spacial score (nSPS) is 23.2. The highest BCUT2D eigenvalue weighted by Gasteiger charge is 2.31. The third kappa shape index (κ3) is 7.32. The molecule has 0 aromatic rings. The summed E-state index contributed by atoms with van der Waals surface area (Å²) >= 11 is 0. The van der Waals surface area contributed by atoms with Gasteiger partial charge in [-0.2, -0.15) is 0 Å². The molecule has 1 N–H and O–H groups in total. The number of amides is 2. The molecule has 2 amide bonds. The molecule has 0 aliphatic carbocycles. The van der Waals surface area contributed by atoms with Crippen molar-refractivity contribution >= 4 is 12.0 Å². The molecule has 2 aliphatic rings. The first-order chi connectivity index (χ1) is 12.7. The number of ether oxygens (including phenoxy) is 1. The summed E-state index contributed by atoms with van der Waals surface area (Å²) in [5, 5.41) is 3.08. The van der Waals surface area contributed by atoms with Gasteiger partial charge < -0.3 is 19.9 Å². The van der Waals surface area contributed by atoms with E-state index in [2.05, 4.69) is 24.1 Å². The van der Waals surface area contributed by atoms with Crippen LogP contribution in [0.25, 0.3) is 0 Å².